The van der Waals surface area contributed by atoms with Gasteiger partial charge in [0.1, 0.15) is 5.69 Å². The number of benzene rings is 2. The van der Waals surface area contributed by atoms with E-state index in [1.54, 1.807) is 0 Å². The lowest BCUT2D eigenvalue weighted by atomic mass is 10.1. The minimum Gasteiger partial charge on any atom is -0.264 e. The first-order valence-electron chi connectivity index (χ1n) is 5.49. The summed E-state index contributed by atoms with van der Waals surface area (Å²) in [5.74, 6) is 0. The van der Waals surface area contributed by atoms with Gasteiger partial charge < -0.3 is 0 Å². The second-order valence-electron chi connectivity index (χ2n) is 4.01. The molecule has 0 aliphatic heterocycles. The van der Waals surface area contributed by atoms with Crippen molar-refractivity contribution in [3.63, 3.8) is 0 Å². The normalized spacial score (nSPS) is 10.9. The number of aromatic nitrogens is 2. The number of rotatable bonds is 2. The highest BCUT2D eigenvalue weighted by Crippen LogP contribution is 2.22. The van der Waals surface area contributed by atoms with Crippen molar-refractivity contribution in [3.8, 4) is 0 Å². The number of hydrogen-bond donors (Lipinski definition) is 0. The zero-order valence-corrected chi connectivity index (χ0v) is 9.41. The molecule has 3 aromatic rings. The van der Waals surface area contributed by atoms with Gasteiger partial charge in [0, 0.05) is 10.3 Å². The van der Waals surface area contributed by atoms with Gasteiger partial charge in [-0.3, -0.25) is 15.1 Å². The van der Waals surface area contributed by atoms with E-state index >= 15 is 0 Å². The highest BCUT2D eigenvalue weighted by atomic mass is 16.6. The van der Waals surface area contributed by atoms with Gasteiger partial charge in [0.15, 0.2) is 0 Å². The fraction of sp³-hybridized carbons (Fsp3) is 0.0769. The first kappa shape index (κ1) is 10.6. The summed E-state index contributed by atoms with van der Waals surface area (Å²) in [5.41, 5.74) is 1.84. The van der Waals surface area contributed by atoms with E-state index in [-0.39, 0.29) is 6.54 Å². The van der Waals surface area contributed by atoms with Gasteiger partial charge in [0.25, 0.3) is 0 Å². The third-order valence-corrected chi connectivity index (χ3v) is 2.78. The van der Waals surface area contributed by atoms with E-state index in [0.29, 0.717) is 11.2 Å². The molecule has 5 nitrogen and oxygen atoms in total. The summed E-state index contributed by atoms with van der Waals surface area (Å²) in [6.07, 6.45) is 1.47. The fourth-order valence-electron chi connectivity index (χ4n) is 2.00. The molecule has 18 heavy (non-hydrogen) atoms. The lowest BCUT2D eigenvalue weighted by molar-refractivity contribution is -0.497. The molecule has 0 unspecified atom stereocenters. The monoisotopic (exact) mass is 239 g/mol. The molecule has 0 amide bonds. The van der Waals surface area contributed by atoms with E-state index in [0.717, 1.165) is 16.3 Å². The maximum absolute atomic E-state index is 10.5. The molecular weight excluding hydrogens is 230 g/mol. The zero-order valence-electron chi connectivity index (χ0n) is 9.41. The Morgan fingerprint density at radius 1 is 1.17 bits per heavy atom. The predicted molar refractivity (Wildman–Crippen MR) is 67.7 cm³/mol. The molecule has 5 heteroatoms. The number of nitrogens with zero attached hydrogens (tertiary/aromatic N) is 3. The Balaban J connectivity index is 2.24. The van der Waals surface area contributed by atoms with Gasteiger partial charge in [-0.1, -0.05) is 30.3 Å². The Bertz CT molecular complexity index is 755. The van der Waals surface area contributed by atoms with E-state index in [1.807, 2.05) is 36.4 Å². The topological polar surface area (TPSA) is 68.9 Å². The van der Waals surface area contributed by atoms with Crippen molar-refractivity contribution in [1.82, 2.24) is 9.97 Å². The van der Waals surface area contributed by atoms with Crippen LogP contribution in [0.15, 0.2) is 42.6 Å². The molecular formula is C13H9N3O2. The van der Waals surface area contributed by atoms with Crippen LogP contribution < -0.4 is 0 Å². The molecule has 0 aliphatic carbocycles. The molecule has 0 radical (unpaired) electrons. The van der Waals surface area contributed by atoms with Crippen molar-refractivity contribution in [2.75, 3.05) is 0 Å². The number of nitro groups is 1. The SMILES string of the molecule is O=[N+]([O-])Cc1cnc2c(ccc3ccccc32)n1. The highest BCUT2D eigenvalue weighted by Gasteiger charge is 2.07. The summed E-state index contributed by atoms with van der Waals surface area (Å²) in [6.45, 7) is -0.296. The molecule has 88 valence electrons. The van der Waals surface area contributed by atoms with Crippen molar-refractivity contribution < 1.29 is 4.92 Å². The number of hydrogen-bond acceptors (Lipinski definition) is 4. The molecule has 1 heterocycles. The third kappa shape index (κ3) is 1.75. The van der Waals surface area contributed by atoms with E-state index in [9.17, 15) is 10.1 Å². The lowest BCUT2D eigenvalue weighted by Crippen LogP contribution is -2.01. The Kier molecular flexibility index (Phi) is 2.37. The molecule has 0 spiro atoms. The molecule has 1 aromatic heterocycles. The molecule has 0 N–H and O–H groups in total. The van der Waals surface area contributed by atoms with Crippen molar-refractivity contribution in [1.29, 1.82) is 0 Å². The molecule has 0 fully saturated rings. The van der Waals surface area contributed by atoms with Crippen LogP contribution in [0.1, 0.15) is 5.69 Å². The lowest BCUT2D eigenvalue weighted by Gasteiger charge is -2.03. The maximum atomic E-state index is 10.5. The van der Waals surface area contributed by atoms with Crippen LogP contribution in [0.5, 0.6) is 0 Å². The summed E-state index contributed by atoms with van der Waals surface area (Å²) in [6, 6.07) is 11.7. The molecule has 3 rings (SSSR count). The second kappa shape index (κ2) is 4.03. The standard InChI is InChI=1S/C13H9N3O2/c17-16(18)8-10-7-14-13-11-4-2-1-3-9(11)5-6-12(13)15-10/h1-7H,8H2. The summed E-state index contributed by atoms with van der Waals surface area (Å²) >= 11 is 0. The summed E-state index contributed by atoms with van der Waals surface area (Å²) in [4.78, 5) is 18.6. The highest BCUT2D eigenvalue weighted by molar-refractivity contribution is 6.03. The minimum atomic E-state index is -0.406. The predicted octanol–water partition coefficient (Wildman–Crippen LogP) is 2.56. The average Bonchev–Trinajstić information content (AvgIpc) is 2.37. The Morgan fingerprint density at radius 2 is 2.00 bits per heavy atom. The first-order chi connectivity index (χ1) is 8.74. The van der Waals surface area contributed by atoms with Crippen molar-refractivity contribution >= 4 is 21.8 Å². The second-order valence-corrected chi connectivity index (χ2v) is 4.01. The average molecular weight is 239 g/mol. The molecule has 0 bridgehead atoms. The van der Waals surface area contributed by atoms with Gasteiger partial charge in [-0.15, -0.1) is 0 Å². The van der Waals surface area contributed by atoms with Gasteiger partial charge in [-0.25, -0.2) is 4.98 Å². The Hall–Kier alpha value is -2.56. The van der Waals surface area contributed by atoms with Crippen LogP contribution >= 0.6 is 0 Å². The molecule has 2 aromatic carbocycles. The van der Waals surface area contributed by atoms with Crippen molar-refractivity contribution in [2.45, 2.75) is 6.54 Å². The van der Waals surface area contributed by atoms with Crippen molar-refractivity contribution in [2.24, 2.45) is 0 Å². The van der Waals surface area contributed by atoms with E-state index < -0.39 is 4.92 Å². The smallest absolute Gasteiger partial charge is 0.247 e. The Morgan fingerprint density at radius 3 is 2.83 bits per heavy atom. The molecule has 0 saturated carbocycles. The van der Waals surface area contributed by atoms with Gasteiger partial charge in [-0.2, -0.15) is 0 Å². The van der Waals surface area contributed by atoms with Crippen LogP contribution in [0, 0.1) is 10.1 Å². The van der Waals surface area contributed by atoms with Crippen molar-refractivity contribution in [3.05, 3.63) is 58.4 Å². The summed E-state index contributed by atoms with van der Waals surface area (Å²) in [7, 11) is 0. The molecule has 0 atom stereocenters. The van der Waals surface area contributed by atoms with Gasteiger partial charge in [-0.05, 0) is 11.5 Å². The Labute approximate surface area is 102 Å². The minimum absolute atomic E-state index is 0.296. The first-order valence-corrected chi connectivity index (χ1v) is 5.49. The van der Waals surface area contributed by atoms with Gasteiger partial charge in [0.2, 0.25) is 6.54 Å². The number of fused-ring (bicyclic) bond motifs is 3. The van der Waals surface area contributed by atoms with Crippen LogP contribution in [0.2, 0.25) is 0 Å². The maximum Gasteiger partial charge on any atom is 0.247 e. The summed E-state index contributed by atoms with van der Waals surface area (Å²) < 4.78 is 0. The van der Waals surface area contributed by atoms with Crippen LogP contribution in [-0.4, -0.2) is 14.9 Å². The quantitative estimate of drug-likeness (QED) is 0.391. The molecule has 0 saturated heterocycles. The van der Waals surface area contributed by atoms with Gasteiger partial charge in [0.05, 0.1) is 17.2 Å². The zero-order chi connectivity index (χ0) is 12.5. The van der Waals surface area contributed by atoms with E-state index in [1.165, 1.54) is 6.20 Å². The molecule has 0 aliphatic rings. The summed E-state index contributed by atoms with van der Waals surface area (Å²) in [5, 5.41) is 12.5. The van der Waals surface area contributed by atoms with E-state index in [4.69, 9.17) is 0 Å². The van der Waals surface area contributed by atoms with Gasteiger partial charge >= 0.3 is 0 Å². The fourth-order valence-corrected chi connectivity index (χ4v) is 2.00. The van der Waals surface area contributed by atoms with Crippen LogP contribution in [0.4, 0.5) is 0 Å². The van der Waals surface area contributed by atoms with E-state index in [2.05, 4.69) is 9.97 Å². The largest absolute Gasteiger partial charge is 0.264 e. The third-order valence-electron chi connectivity index (χ3n) is 2.78. The van der Waals surface area contributed by atoms with Crippen LogP contribution in [-0.2, 0) is 6.54 Å². The van der Waals surface area contributed by atoms with Crippen LogP contribution in [0.3, 0.4) is 0 Å². The van der Waals surface area contributed by atoms with Crippen LogP contribution in [0.25, 0.3) is 21.8 Å².